The molecule has 1 aromatic heterocycles. The van der Waals surface area contributed by atoms with Crippen molar-refractivity contribution in [3.8, 4) is 0 Å². The fourth-order valence-electron chi connectivity index (χ4n) is 2.25. The molecule has 0 radical (unpaired) electrons. The normalized spacial score (nSPS) is 19.7. The number of hydrogen-bond acceptors (Lipinski definition) is 4. The van der Waals surface area contributed by atoms with Crippen molar-refractivity contribution in [1.82, 2.24) is 15.0 Å². The van der Waals surface area contributed by atoms with Crippen LogP contribution in [0.5, 0.6) is 0 Å². The average molecular weight is 283 g/mol. The quantitative estimate of drug-likeness (QED) is 0.772. The van der Waals surface area contributed by atoms with Crippen LogP contribution >= 0.6 is 0 Å². The van der Waals surface area contributed by atoms with Gasteiger partial charge in [0.15, 0.2) is 0 Å². The van der Waals surface area contributed by atoms with Gasteiger partial charge in [-0.05, 0) is 37.9 Å². The Hall–Kier alpha value is -0.980. The van der Waals surface area contributed by atoms with Crippen LogP contribution in [0.1, 0.15) is 25.0 Å². The molecule has 19 heavy (non-hydrogen) atoms. The molecule has 1 aliphatic heterocycles. The number of rotatable bonds is 7. The molecule has 2 rings (SSSR count). The molecule has 1 atom stereocenters. The molecular formula is C13H21N3O2S. The van der Waals surface area contributed by atoms with E-state index in [9.17, 15) is 8.42 Å². The highest BCUT2D eigenvalue weighted by atomic mass is 32.2. The standard InChI is InChI=1S/C13H21N3O2S/c17-19(18,11-7-13-4-1-2-8-14-13)16-10-6-12-5-3-9-15-12/h1-2,4,8,12,15-16H,3,5-7,9-11H2. The summed E-state index contributed by atoms with van der Waals surface area (Å²) in [4.78, 5) is 4.12. The van der Waals surface area contributed by atoms with Gasteiger partial charge in [0.2, 0.25) is 10.0 Å². The van der Waals surface area contributed by atoms with E-state index in [0.29, 0.717) is 19.0 Å². The molecule has 0 aromatic carbocycles. The van der Waals surface area contributed by atoms with Gasteiger partial charge in [-0.15, -0.1) is 0 Å². The van der Waals surface area contributed by atoms with E-state index in [1.807, 2.05) is 18.2 Å². The Morgan fingerprint density at radius 2 is 2.32 bits per heavy atom. The Labute approximate surface area is 114 Å². The van der Waals surface area contributed by atoms with Gasteiger partial charge in [-0.1, -0.05) is 6.07 Å². The van der Waals surface area contributed by atoms with Gasteiger partial charge in [-0.25, -0.2) is 13.1 Å². The highest BCUT2D eigenvalue weighted by molar-refractivity contribution is 7.89. The first kappa shape index (κ1) is 14.4. The van der Waals surface area contributed by atoms with Crippen LogP contribution in [0.15, 0.2) is 24.4 Å². The molecule has 1 saturated heterocycles. The van der Waals surface area contributed by atoms with E-state index in [1.54, 1.807) is 6.20 Å². The third-order valence-electron chi connectivity index (χ3n) is 3.33. The lowest BCUT2D eigenvalue weighted by Crippen LogP contribution is -2.32. The Kier molecular flexibility index (Phi) is 5.30. The lowest BCUT2D eigenvalue weighted by Gasteiger charge is -2.11. The maximum absolute atomic E-state index is 11.8. The molecule has 1 fully saturated rings. The van der Waals surface area contributed by atoms with Crippen molar-refractivity contribution in [3.63, 3.8) is 0 Å². The minimum Gasteiger partial charge on any atom is -0.314 e. The molecule has 0 bridgehead atoms. The van der Waals surface area contributed by atoms with Gasteiger partial charge in [-0.3, -0.25) is 4.98 Å². The molecule has 2 heterocycles. The van der Waals surface area contributed by atoms with Gasteiger partial charge >= 0.3 is 0 Å². The topological polar surface area (TPSA) is 71.1 Å². The molecule has 6 heteroatoms. The molecule has 0 aliphatic carbocycles. The van der Waals surface area contributed by atoms with Crippen LogP contribution in [0.2, 0.25) is 0 Å². The minimum atomic E-state index is -3.19. The van der Waals surface area contributed by atoms with Crippen LogP contribution in [-0.2, 0) is 16.4 Å². The highest BCUT2D eigenvalue weighted by Crippen LogP contribution is 2.07. The number of nitrogens with one attached hydrogen (secondary N) is 2. The summed E-state index contributed by atoms with van der Waals surface area (Å²) in [5.41, 5.74) is 0.810. The van der Waals surface area contributed by atoms with Gasteiger partial charge in [0.05, 0.1) is 5.75 Å². The molecule has 1 aromatic rings. The van der Waals surface area contributed by atoms with Crippen molar-refractivity contribution in [2.75, 3.05) is 18.8 Å². The predicted molar refractivity (Wildman–Crippen MR) is 75.4 cm³/mol. The third kappa shape index (κ3) is 5.26. The lowest BCUT2D eigenvalue weighted by molar-refractivity contribution is 0.539. The summed E-state index contributed by atoms with van der Waals surface area (Å²) >= 11 is 0. The molecule has 1 unspecified atom stereocenters. The van der Waals surface area contributed by atoms with Gasteiger partial charge in [0.1, 0.15) is 0 Å². The van der Waals surface area contributed by atoms with Crippen molar-refractivity contribution in [3.05, 3.63) is 30.1 Å². The van der Waals surface area contributed by atoms with Gasteiger partial charge in [-0.2, -0.15) is 0 Å². The van der Waals surface area contributed by atoms with Crippen molar-refractivity contribution in [1.29, 1.82) is 0 Å². The van der Waals surface area contributed by atoms with Gasteiger partial charge < -0.3 is 5.32 Å². The monoisotopic (exact) mass is 283 g/mol. The van der Waals surface area contributed by atoms with E-state index >= 15 is 0 Å². The van der Waals surface area contributed by atoms with Crippen LogP contribution in [0.3, 0.4) is 0 Å². The summed E-state index contributed by atoms with van der Waals surface area (Å²) in [5.74, 6) is 0.0993. The first-order valence-corrected chi connectivity index (χ1v) is 8.41. The summed E-state index contributed by atoms with van der Waals surface area (Å²) in [6.45, 7) is 1.57. The van der Waals surface area contributed by atoms with Crippen molar-refractivity contribution in [2.24, 2.45) is 0 Å². The first-order valence-electron chi connectivity index (χ1n) is 6.76. The summed E-state index contributed by atoms with van der Waals surface area (Å²) in [6.07, 6.45) is 5.34. The molecule has 1 aliphatic rings. The second-order valence-corrected chi connectivity index (χ2v) is 6.79. The summed E-state index contributed by atoms with van der Waals surface area (Å²) in [7, 11) is -3.19. The van der Waals surface area contributed by atoms with Crippen LogP contribution in [0.25, 0.3) is 0 Å². The first-order chi connectivity index (χ1) is 9.16. The summed E-state index contributed by atoms with van der Waals surface area (Å²) in [6, 6.07) is 6.01. The number of sulfonamides is 1. The molecule has 5 nitrogen and oxygen atoms in total. The number of nitrogens with zero attached hydrogens (tertiary/aromatic N) is 1. The number of aryl methyl sites for hydroxylation is 1. The zero-order valence-electron chi connectivity index (χ0n) is 11.0. The second-order valence-electron chi connectivity index (χ2n) is 4.87. The second kappa shape index (κ2) is 6.98. The van der Waals surface area contributed by atoms with Crippen LogP contribution in [0, 0.1) is 0 Å². The smallest absolute Gasteiger partial charge is 0.211 e. The maximum Gasteiger partial charge on any atom is 0.211 e. The fourth-order valence-corrected chi connectivity index (χ4v) is 3.30. The molecule has 106 valence electrons. The van der Waals surface area contributed by atoms with Gasteiger partial charge in [0, 0.05) is 30.9 Å². The number of pyridine rings is 1. The Balaban J connectivity index is 1.69. The van der Waals surface area contributed by atoms with E-state index in [0.717, 1.165) is 25.1 Å². The Morgan fingerprint density at radius 3 is 3.00 bits per heavy atom. The summed E-state index contributed by atoms with van der Waals surface area (Å²) < 4.78 is 26.3. The Bertz CT molecular complexity index is 470. The van der Waals surface area contributed by atoms with Crippen LogP contribution < -0.4 is 10.0 Å². The highest BCUT2D eigenvalue weighted by Gasteiger charge is 2.15. The molecule has 0 saturated carbocycles. The van der Waals surface area contributed by atoms with E-state index in [-0.39, 0.29) is 5.75 Å². The van der Waals surface area contributed by atoms with E-state index in [2.05, 4.69) is 15.0 Å². The van der Waals surface area contributed by atoms with Crippen LogP contribution in [0.4, 0.5) is 0 Å². The summed E-state index contributed by atoms with van der Waals surface area (Å²) in [5, 5.41) is 3.36. The minimum absolute atomic E-state index is 0.0993. The SMILES string of the molecule is O=S(=O)(CCc1ccccn1)NCCC1CCCN1. The van der Waals surface area contributed by atoms with E-state index in [1.165, 1.54) is 6.42 Å². The zero-order valence-corrected chi connectivity index (χ0v) is 11.8. The van der Waals surface area contributed by atoms with Crippen LogP contribution in [-0.4, -0.2) is 38.3 Å². The van der Waals surface area contributed by atoms with Crippen molar-refractivity contribution in [2.45, 2.75) is 31.7 Å². The van der Waals surface area contributed by atoms with E-state index < -0.39 is 10.0 Å². The fraction of sp³-hybridized carbons (Fsp3) is 0.615. The number of hydrogen-bond donors (Lipinski definition) is 2. The molecule has 2 N–H and O–H groups in total. The third-order valence-corrected chi connectivity index (χ3v) is 4.72. The molecular weight excluding hydrogens is 262 g/mol. The Morgan fingerprint density at radius 1 is 1.42 bits per heavy atom. The zero-order chi connectivity index (χ0) is 13.6. The molecule has 0 spiro atoms. The molecule has 0 amide bonds. The lowest BCUT2D eigenvalue weighted by atomic mass is 10.2. The van der Waals surface area contributed by atoms with Gasteiger partial charge in [0.25, 0.3) is 0 Å². The average Bonchev–Trinajstić information content (AvgIpc) is 2.91. The number of aromatic nitrogens is 1. The largest absolute Gasteiger partial charge is 0.314 e. The van der Waals surface area contributed by atoms with Crippen molar-refractivity contribution < 1.29 is 8.42 Å². The maximum atomic E-state index is 11.8. The van der Waals surface area contributed by atoms with Crippen molar-refractivity contribution >= 4 is 10.0 Å². The van der Waals surface area contributed by atoms with E-state index in [4.69, 9.17) is 0 Å². The predicted octanol–water partition coefficient (Wildman–Crippen LogP) is 0.686.